The second-order valence-corrected chi connectivity index (χ2v) is 7.36. The van der Waals surface area contributed by atoms with E-state index in [1.165, 1.54) is 11.1 Å². The van der Waals surface area contributed by atoms with Gasteiger partial charge in [-0.3, -0.25) is 4.90 Å². The molecule has 0 saturated heterocycles. The highest BCUT2D eigenvalue weighted by atomic mass is 16.3. The van der Waals surface area contributed by atoms with Crippen LogP contribution in [0.15, 0.2) is 60.7 Å². The van der Waals surface area contributed by atoms with Gasteiger partial charge in [-0.1, -0.05) is 87.9 Å². The van der Waals surface area contributed by atoms with Crippen LogP contribution in [0.25, 0.3) is 0 Å². The third-order valence-electron chi connectivity index (χ3n) is 4.69. The smallest absolute Gasteiger partial charge is 0.0707 e. The van der Waals surface area contributed by atoms with E-state index in [-0.39, 0.29) is 12.1 Å². The van der Waals surface area contributed by atoms with Crippen molar-refractivity contribution in [3.63, 3.8) is 0 Å². The number of hydrogen-bond donors (Lipinski definition) is 2. The van der Waals surface area contributed by atoms with E-state index in [9.17, 15) is 5.11 Å². The summed E-state index contributed by atoms with van der Waals surface area (Å²) in [6.45, 7) is 8.90. The summed E-state index contributed by atoms with van der Waals surface area (Å²) in [6.07, 6.45) is 1.48. The Kier molecular flexibility index (Phi) is 8.82. The predicted octanol–water partition coefficient (Wildman–Crippen LogP) is 4.22. The molecular formula is C23H34N2O. The number of benzene rings is 2. The first-order valence-corrected chi connectivity index (χ1v) is 9.83. The number of hydrogen-bond acceptors (Lipinski definition) is 3. The van der Waals surface area contributed by atoms with Gasteiger partial charge in [0.25, 0.3) is 0 Å². The van der Waals surface area contributed by atoms with Crippen LogP contribution in [0.3, 0.4) is 0 Å². The van der Waals surface area contributed by atoms with Crippen molar-refractivity contribution in [2.75, 3.05) is 6.54 Å². The molecule has 2 rings (SSSR count). The summed E-state index contributed by atoms with van der Waals surface area (Å²) in [5.41, 5.74) is 2.56. The van der Waals surface area contributed by atoms with Crippen LogP contribution in [0.4, 0.5) is 0 Å². The molecule has 0 heterocycles. The van der Waals surface area contributed by atoms with Gasteiger partial charge < -0.3 is 10.4 Å². The molecule has 2 atom stereocenters. The third kappa shape index (κ3) is 6.91. The van der Waals surface area contributed by atoms with Gasteiger partial charge in [0.1, 0.15) is 0 Å². The second kappa shape index (κ2) is 11.1. The van der Waals surface area contributed by atoms with E-state index in [0.29, 0.717) is 6.04 Å². The average molecular weight is 355 g/mol. The minimum Gasteiger partial charge on any atom is -0.391 e. The topological polar surface area (TPSA) is 35.5 Å². The highest BCUT2D eigenvalue weighted by Crippen LogP contribution is 2.18. The molecule has 2 aromatic carbocycles. The highest BCUT2D eigenvalue weighted by molar-refractivity contribution is 5.17. The van der Waals surface area contributed by atoms with E-state index in [4.69, 9.17) is 0 Å². The Labute approximate surface area is 159 Å². The molecule has 0 unspecified atom stereocenters. The van der Waals surface area contributed by atoms with E-state index >= 15 is 0 Å². The quantitative estimate of drug-likeness (QED) is 0.634. The molecule has 0 spiro atoms. The molecule has 3 heteroatoms. The molecule has 0 radical (unpaired) electrons. The Morgan fingerprint density at radius 2 is 1.38 bits per heavy atom. The fraction of sp³-hybridized carbons (Fsp3) is 0.478. The zero-order chi connectivity index (χ0) is 18.8. The van der Waals surface area contributed by atoms with Crippen molar-refractivity contribution in [2.24, 2.45) is 0 Å². The van der Waals surface area contributed by atoms with Crippen LogP contribution < -0.4 is 5.32 Å². The van der Waals surface area contributed by atoms with Crippen LogP contribution in [-0.2, 0) is 13.1 Å². The molecule has 0 aliphatic rings. The Hall–Kier alpha value is -1.68. The largest absolute Gasteiger partial charge is 0.391 e. The molecule has 0 aliphatic heterocycles. The first kappa shape index (κ1) is 20.6. The van der Waals surface area contributed by atoms with Crippen LogP contribution in [-0.4, -0.2) is 34.7 Å². The molecule has 0 amide bonds. The van der Waals surface area contributed by atoms with Crippen molar-refractivity contribution in [3.05, 3.63) is 71.8 Å². The van der Waals surface area contributed by atoms with Crippen molar-refractivity contribution >= 4 is 0 Å². The molecule has 2 N–H and O–H groups in total. The van der Waals surface area contributed by atoms with E-state index in [1.807, 2.05) is 0 Å². The van der Waals surface area contributed by atoms with E-state index in [2.05, 4.69) is 91.7 Å². The van der Waals surface area contributed by atoms with Crippen molar-refractivity contribution in [1.29, 1.82) is 0 Å². The van der Waals surface area contributed by atoms with Gasteiger partial charge >= 0.3 is 0 Å². The lowest BCUT2D eigenvalue weighted by Crippen LogP contribution is -2.50. The van der Waals surface area contributed by atoms with Crippen molar-refractivity contribution in [3.8, 4) is 0 Å². The lowest BCUT2D eigenvalue weighted by atomic mass is 10.0. The fourth-order valence-electron chi connectivity index (χ4n) is 3.28. The maximum absolute atomic E-state index is 10.9. The van der Waals surface area contributed by atoms with Crippen molar-refractivity contribution < 1.29 is 5.11 Å². The summed E-state index contributed by atoms with van der Waals surface area (Å²) in [5, 5.41) is 14.4. The number of nitrogens with zero attached hydrogens (tertiary/aromatic N) is 1. The molecule has 0 aromatic heterocycles. The van der Waals surface area contributed by atoms with Crippen LogP contribution in [0.2, 0.25) is 0 Å². The van der Waals surface area contributed by atoms with Gasteiger partial charge in [0.05, 0.1) is 6.10 Å². The maximum atomic E-state index is 10.9. The zero-order valence-electron chi connectivity index (χ0n) is 16.4. The highest BCUT2D eigenvalue weighted by Gasteiger charge is 2.26. The lowest BCUT2D eigenvalue weighted by molar-refractivity contribution is 0.0328. The molecule has 0 bridgehead atoms. The summed E-state index contributed by atoms with van der Waals surface area (Å²) in [5.74, 6) is 0. The van der Waals surface area contributed by atoms with Gasteiger partial charge in [-0.2, -0.15) is 0 Å². The normalized spacial score (nSPS) is 13.9. The Bertz CT molecular complexity index is 559. The van der Waals surface area contributed by atoms with Gasteiger partial charge in [-0.05, 0) is 17.5 Å². The Morgan fingerprint density at radius 1 is 0.885 bits per heavy atom. The van der Waals surface area contributed by atoms with Gasteiger partial charge in [-0.15, -0.1) is 0 Å². The van der Waals surface area contributed by atoms with Gasteiger partial charge in [0.2, 0.25) is 0 Å². The monoisotopic (exact) mass is 354 g/mol. The standard InChI is InChI=1S/C23H34N2O/c1-4-11-23(26)22(16-24-19(2)3)25(17-20-12-7-5-8-13-20)18-21-14-9-6-10-15-21/h5-10,12-15,19,22-24,26H,4,11,16-18H2,1-3H3/t22-,23+/m1/s1. The van der Waals surface area contributed by atoms with E-state index in [0.717, 1.165) is 32.5 Å². The average Bonchev–Trinajstić information content (AvgIpc) is 2.63. The summed E-state index contributed by atoms with van der Waals surface area (Å²) in [6, 6.07) is 21.6. The molecule has 0 aliphatic carbocycles. The molecule has 26 heavy (non-hydrogen) atoms. The SMILES string of the molecule is CCC[C@H](O)[C@@H](CNC(C)C)N(Cc1ccccc1)Cc1ccccc1. The minimum absolute atomic E-state index is 0.0813. The fourth-order valence-corrected chi connectivity index (χ4v) is 3.28. The van der Waals surface area contributed by atoms with Crippen LogP contribution in [0.5, 0.6) is 0 Å². The van der Waals surface area contributed by atoms with Crippen molar-refractivity contribution in [2.45, 2.75) is 64.9 Å². The maximum Gasteiger partial charge on any atom is 0.0707 e. The second-order valence-electron chi connectivity index (χ2n) is 7.36. The van der Waals surface area contributed by atoms with Crippen LogP contribution in [0.1, 0.15) is 44.7 Å². The summed E-state index contributed by atoms with van der Waals surface area (Å²) in [7, 11) is 0. The molecule has 0 fully saturated rings. The zero-order valence-corrected chi connectivity index (χ0v) is 16.4. The van der Waals surface area contributed by atoms with Crippen molar-refractivity contribution in [1.82, 2.24) is 10.2 Å². The van der Waals surface area contributed by atoms with E-state index in [1.54, 1.807) is 0 Å². The molecule has 142 valence electrons. The molecule has 3 nitrogen and oxygen atoms in total. The molecule has 2 aromatic rings. The third-order valence-corrected chi connectivity index (χ3v) is 4.69. The minimum atomic E-state index is -0.335. The van der Waals surface area contributed by atoms with Gasteiger partial charge in [-0.25, -0.2) is 0 Å². The predicted molar refractivity (Wildman–Crippen MR) is 110 cm³/mol. The summed E-state index contributed by atoms with van der Waals surface area (Å²) in [4.78, 5) is 2.42. The molecule has 0 saturated carbocycles. The lowest BCUT2D eigenvalue weighted by Gasteiger charge is -2.36. The first-order chi connectivity index (χ1) is 12.6. The van der Waals surface area contributed by atoms with E-state index < -0.39 is 0 Å². The summed E-state index contributed by atoms with van der Waals surface area (Å²) < 4.78 is 0. The van der Waals surface area contributed by atoms with Gasteiger partial charge in [0, 0.05) is 31.7 Å². The molecular weight excluding hydrogens is 320 g/mol. The van der Waals surface area contributed by atoms with Crippen LogP contribution >= 0.6 is 0 Å². The number of rotatable bonds is 11. The Morgan fingerprint density at radius 3 is 1.81 bits per heavy atom. The first-order valence-electron chi connectivity index (χ1n) is 9.83. The van der Waals surface area contributed by atoms with Crippen LogP contribution in [0, 0.1) is 0 Å². The number of aliphatic hydroxyl groups excluding tert-OH is 1. The number of aliphatic hydroxyl groups is 1. The number of nitrogens with one attached hydrogen (secondary N) is 1. The van der Waals surface area contributed by atoms with Gasteiger partial charge in [0.15, 0.2) is 0 Å². The summed E-state index contributed by atoms with van der Waals surface area (Å²) >= 11 is 0. The Balaban J connectivity index is 2.23.